The van der Waals surface area contributed by atoms with Gasteiger partial charge in [-0.25, -0.2) is 0 Å². The Morgan fingerprint density at radius 2 is 1.42 bits per heavy atom. The van der Waals surface area contributed by atoms with Gasteiger partial charge in [-0.05, 0) is 0 Å². The van der Waals surface area contributed by atoms with E-state index < -0.39 is 20.8 Å². The fourth-order valence-electron chi connectivity index (χ4n) is 1.40. The standard InChI is InChI=1S/C5H15N5OS/c6-3-1-4(7,8)12(11)5(9,10)2-3/h3H,1-2,6-10H2. The molecular formula is C5H15N5OS. The van der Waals surface area contributed by atoms with E-state index in [4.69, 9.17) is 28.7 Å². The van der Waals surface area contributed by atoms with Gasteiger partial charge in [0.1, 0.15) is 9.99 Å². The molecule has 10 N–H and O–H groups in total. The van der Waals surface area contributed by atoms with Gasteiger partial charge in [0.25, 0.3) is 0 Å². The molecule has 1 rings (SSSR count). The van der Waals surface area contributed by atoms with Crippen molar-refractivity contribution in [2.45, 2.75) is 28.9 Å². The van der Waals surface area contributed by atoms with Crippen LogP contribution in [0.4, 0.5) is 0 Å². The van der Waals surface area contributed by atoms with Gasteiger partial charge in [-0.2, -0.15) is 0 Å². The van der Waals surface area contributed by atoms with E-state index in [1.165, 1.54) is 0 Å². The number of hydrogen-bond donors (Lipinski definition) is 5. The normalized spacial score (nSPS) is 39.4. The molecule has 0 radical (unpaired) electrons. The lowest BCUT2D eigenvalue weighted by Crippen LogP contribution is -2.72. The first-order valence-corrected chi connectivity index (χ1v) is 4.74. The minimum absolute atomic E-state index is 0.274. The Morgan fingerprint density at radius 1 is 1.08 bits per heavy atom. The molecule has 0 bridgehead atoms. The zero-order valence-corrected chi connectivity index (χ0v) is 7.51. The van der Waals surface area contributed by atoms with Crippen molar-refractivity contribution in [1.29, 1.82) is 0 Å². The quantitative estimate of drug-likeness (QED) is 0.259. The first kappa shape index (κ1) is 10.0. The summed E-state index contributed by atoms with van der Waals surface area (Å²) < 4.78 is 11.5. The highest BCUT2D eigenvalue weighted by atomic mass is 32.2. The van der Waals surface area contributed by atoms with Crippen LogP contribution in [0.2, 0.25) is 0 Å². The van der Waals surface area contributed by atoms with Gasteiger partial charge in [0.05, 0.1) is 10.8 Å². The van der Waals surface area contributed by atoms with E-state index >= 15 is 0 Å². The fourth-order valence-corrected chi connectivity index (χ4v) is 2.84. The highest BCUT2D eigenvalue weighted by Crippen LogP contribution is 2.25. The first-order chi connectivity index (χ1) is 5.26. The predicted molar refractivity (Wildman–Crippen MR) is 47.6 cm³/mol. The maximum absolute atomic E-state index is 11.5. The Balaban J connectivity index is 2.91. The molecule has 0 amide bonds. The highest BCUT2D eigenvalue weighted by Gasteiger charge is 2.46. The molecule has 0 aliphatic carbocycles. The molecule has 12 heavy (non-hydrogen) atoms. The molecule has 0 unspecified atom stereocenters. The second-order valence-corrected chi connectivity index (χ2v) is 5.40. The molecule has 7 heteroatoms. The van der Waals surface area contributed by atoms with Crippen molar-refractivity contribution in [2.24, 2.45) is 28.7 Å². The van der Waals surface area contributed by atoms with Crippen molar-refractivity contribution >= 4 is 10.8 Å². The molecule has 1 aliphatic rings. The SMILES string of the molecule is NC1CC(N)(N)S(=O)C(N)(N)C1. The summed E-state index contributed by atoms with van der Waals surface area (Å²) in [5.41, 5.74) is 27.7. The van der Waals surface area contributed by atoms with Crippen LogP contribution in [-0.4, -0.2) is 20.2 Å². The van der Waals surface area contributed by atoms with Crippen LogP contribution in [0.15, 0.2) is 0 Å². The average molecular weight is 193 g/mol. The van der Waals surface area contributed by atoms with Crippen LogP contribution in [-0.2, 0) is 10.8 Å². The number of rotatable bonds is 0. The van der Waals surface area contributed by atoms with E-state index in [9.17, 15) is 4.21 Å². The molecule has 1 fully saturated rings. The van der Waals surface area contributed by atoms with Gasteiger partial charge < -0.3 is 28.7 Å². The van der Waals surface area contributed by atoms with E-state index in [2.05, 4.69) is 0 Å². The van der Waals surface area contributed by atoms with Gasteiger partial charge in [-0.3, -0.25) is 4.21 Å². The molecule has 1 heterocycles. The largest absolute Gasteiger partial charge is 0.327 e. The summed E-state index contributed by atoms with van der Waals surface area (Å²) in [5.74, 6) is 0. The lowest BCUT2D eigenvalue weighted by atomic mass is 10.1. The Morgan fingerprint density at radius 3 is 1.75 bits per heavy atom. The predicted octanol–water partition coefficient (Wildman–Crippen LogP) is -3.00. The zero-order chi connectivity index (χ0) is 9.57. The van der Waals surface area contributed by atoms with Crippen molar-refractivity contribution in [3.63, 3.8) is 0 Å². The average Bonchev–Trinajstić information content (AvgIpc) is 1.80. The molecule has 1 saturated heterocycles. The fraction of sp³-hybridized carbons (Fsp3) is 1.00. The van der Waals surface area contributed by atoms with Crippen molar-refractivity contribution in [2.75, 3.05) is 0 Å². The van der Waals surface area contributed by atoms with Crippen LogP contribution >= 0.6 is 0 Å². The zero-order valence-electron chi connectivity index (χ0n) is 6.69. The lowest BCUT2D eigenvalue weighted by Gasteiger charge is -2.41. The van der Waals surface area contributed by atoms with Crippen LogP contribution in [0, 0.1) is 0 Å². The van der Waals surface area contributed by atoms with E-state index in [1.807, 2.05) is 0 Å². The molecule has 6 nitrogen and oxygen atoms in total. The maximum Gasteiger partial charge on any atom is 0.146 e. The Kier molecular flexibility index (Phi) is 2.28. The minimum atomic E-state index is -1.65. The van der Waals surface area contributed by atoms with Gasteiger partial charge in [0.2, 0.25) is 0 Å². The molecule has 0 atom stereocenters. The summed E-state index contributed by atoms with van der Waals surface area (Å²) in [6.45, 7) is 0. The van der Waals surface area contributed by atoms with Gasteiger partial charge in [0, 0.05) is 18.9 Å². The molecule has 0 aromatic carbocycles. The van der Waals surface area contributed by atoms with Crippen LogP contribution < -0.4 is 28.7 Å². The second-order valence-electron chi connectivity index (χ2n) is 3.35. The molecule has 0 aromatic rings. The van der Waals surface area contributed by atoms with E-state index in [0.717, 1.165) is 0 Å². The molecule has 0 saturated carbocycles. The molecule has 72 valence electrons. The summed E-state index contributed by atoms with van der Waals surface area (Å²) in [4.78, 5) is -2.72. The smallest absolute Gasteiger partial charge is 0.146 e. The monoisotopic (exact) mass is 193 g/mol. The van der Waals surface area contributed by atoms with Crippen LogP contribution in [0.3, 0.4) is 0 Å². The van der Waals surface area contributed by atoms with Crippen LogP contribution in [0.1, 0.15) is 12.8 Å². The van der Waals surface area contributed by atoms with Gasteiger partial charge in [-0.15, -0.1) is 0 Å². The topological polar surface area (TPSA) is 147 Å². The minimum Gasteiger partial charge on any atom is -0.327 e. The summed E-state index contributed by atoms with van der Waals surface area (Å²) in [6.07, 6.45) is 0.547. The molecule has 1 aliphatic heterocycles. The Bertz CT molecular complexity index is 196. The van der Waals surface area contributed by atoms with Crippen molar-refractivity contribution in [3.8, 4) is 0 Å². The summed E-state index contributed by atoms with van der Waals surface area (Å²) in [5, 5.41) is 0. The number of nitrogens with two attached hydrogens (primary N) is 5. The van der Waals surface area contributed by atoms with Gasteiger partial charge in [0.15, 0.2) is 0 Å². The van der Waals surface area contributed by atoms with Crippen molar-refractivity contribution < 1.29 is 4.21 Å². The van der Waals surface area contributed by atoms with Crippen molar-refractivity contribution in [1.82, 2.24) is 0 Å². The van der Waals surface area contributed by atoms with E-state index in [-0.39, 0.29) is 18.9 Å². The first-order valence-electron chi connectivity index (χ1n) is 3.59. The molecule has 0 aromatic heterocycles. The second kappa shape index (κ2) is 2.72. The van der Waals surface area contributed by atoms with E-state index in [0.29, 0.717) is 0 Å². The van der Waals surface area contributed by atoms with E-state index in [1.54, 1.807) is 0 Å². The Labute approximate surface area is 73.3 Å². The highest BCUT2D eigenvalue weighted by molar-refractivity contribution is 7.87. The van der Waals surface area contributed by atoms with Gasteiger partial charge in [-0.1, -0.05) is 0 Å². The summed E-state index contributed by atoms with van der Waals surface area (Å²) in [7, 11) is -1.65. The van der Waals surface area contributed by atoms with Crippen LogP contribution in [0.5, 0.6) is 0 Å². The molecular weight excluding hydrogens is 178 g/mol. The third-order valence-corrected chi connectivity index (χ3v) is 3.57. The third kappa shape index (κ3) is 1.65. The molecule has 0 spiro atoms. The number of hydrogen-bond acceptors (Lipinski definition) is 6. The van der Waals surface area contributed by atoms with Crippen molar-refractivity contribution in [3.05, 3.63) is 0 Å². The maximum atomic E-state index is 11.5. The third-order valence-electron chi connectivity index (χ3n) is 1.85. The van der Waals surface area contributed by atoms with Gasteiger partial charge >= 0.3 is 0 Å². The summed E-state index contributed by atoms with van der Waals surface area (Å²) in [6, 6.07) is -0.285. The Hall–Kier alpha value is -0.0500. The lowest BCUT2D eigenvalue weighted by molar-refractivity contribution is 0.371. The van der Waals surface area contributed by atoms with Crippen LogP contribution in [0.25, 0.3) is 0 Å². The summed E-state index contributed by atoms with van der Waals surface area (Å²) >= 11 is 0.